The van der Waals surface area contributed by atoms with E-state index in [1.807, 2.05) is 0 Å². The van der Waals surface area contributed by atoms with Crippen LogP contribution < -0.4 is 0 Å². The number of hydrogen-bond acceptors (Lipinski definition) is 9. The summed E-state index contributed by atoms with van der Waals surface area (Å²) in [5.74, 6) is -1.02. The van der Waals surface area contributed by atoms with E-state index in [1.165, 1.54) is 0 Å². The van der Waals surface area contributed by atoms with Gasteiger partial charge in [-0.15, -0.1) is 0 Å². The second kappa shape index (κ2) is 8.55. The Morgan fingerprint density at radius 1 is 0.562 bits per heavy atom. The number of nitrogens with zero attached hydrogens (tertiary/aromatic N) is 3. The van der Waals surface area contributed by atoms with E-state index in [0.29, 0.717) is 0 Å². The Bertz CT molecular complexity index is 1170. The Morgan fingerprint density at radius 2 is 0.906 bits per heavy atom. The summed E-state index contributed by atoms with van der Waals surface area (Å²) in [5.41, 5.74) is -0.945. The van der Waals surface area contributed by atoms with Gasteiger partial charge in [0.15, 0.2) is 0 Å². The van der Waals surface area contributed by atoms with E-state index in [4.69, 9.17) is 0 Å². The molecular formula is C20H15N3O9. The standard InChI is InChI=1S/C20H15N3O9/c24-18-3-1-15(21(27)28)7-11(18)5-13-9-17(23(31)32)10-14(20(13)26)6-12-8-16(22(29)30)2-4-19(12)25/h1-4,7-10,24-26H,5-6H2. The second-order valence-electron chi connectivity index (χ2n) is 6.86. The van der Waals surface area contributed by atoms with Crippen molar-refractivity contribution in [2.45, 2.75) is 12.8 Å². The quantitative estimate of drug-likeness (QED) is 0.362. The van der Waals surface area contributed by atoms with Gasteiger partial charge in [0.2, 0.25) is 0 Å². The number of rotatable bonds is 7. The minimum Gasteiger partial charge on any atom is -0.508 e. The third kappa shape index (κ3) is 4.53. The normalized spacial score (nSPS) is 10.6. The average molecular weight is 441 g/mol. The van der Waals surface area contributed by atoms with Gasteiger partial charge in [-0.1, -0.05) is 0 Å². The largest absolute Gasteiger partial charge is 0.508 e. The SMILES string of the molecule is O=[N+]([O-])c1ccc(O)c(Cc2cc([N+](=O)[O-])cc(Cc3cc([N+](=O)[O-])ccc3O)c2O)c1. The van der Waals surface area contributed by atoms with Crippen molar-refractivity contribution in [3.05, 3.63) is 101 Å². The van der Waals surface area contributed by atoms with E-state index >= 15 is 0 Å². The molecule has 0 radical (unpaired) electrons. The summed E-state index contributed by atoms with van der Waals surface area (Å²) >= 11 is 0. The van der Waals surface area contributed by atoms with Crippen LogP contribution in [0.3, 0.4) is 0 Å². The van der Waals surface area contributed by atoms with Crippen molar-refractivity contribution >= 4 is 17.1 Å². The van der Waals surface area contributed by atoms with E-state index in [-0.39, 0.29) is 58.0 Å². The summed E-state index contributed by atoms with van der Waals surface area (Å²) in [4.78, 5) is 31.3. The fourth-order valence-corrected chi connectivity index (χ4v) is 3.18. The molecular weight excluding hydrogens is 426 g/mol. The van der Waals surface area contributed by atoms with Crippen LogP contribution in [0.1, 0.15) is 22.3 Å². The number of nitro groups is 3. The summed E-state index contributed by atoms with van der Waals surface area (Å²) in [7, 11) is 0. The molecule has 3 aromatic rings. The van der Waals surface area contributed by atoms with Crippen LogP contribution in [-0.2, 0) is 12.8 Å². The van der Waals surface area contributed by atoms with Crippen LogP contribution >= 0.6 is 0 Å². The van der Waals surface area contributed by atoms with Crippen LogP contribution in [0.5, 0.6) is 17.2 Å². The molecule has 0 aromatic heterocycles. The lowest BCUT2D eigenvalue weighted by atomic mass is 9.95. The zero-order valence-corrected chi connectivity index (χ0v) is 16.2. The molecule has 3 rings (SSSR count). The third-order valence-electron chi connectivity index (χ3n) is 4.77. The van der Waals surface area contributed by atoms with Gasteiger partial charge in [-0.3, -0.25) is 30.3 Å². The molecule has 0 fully saturated rings. The molecule has 0 aliphatic heterocycles. The highest BCUT2D eigenvalue weighted by Gasteiger charge is 2.21. The van der Waals surface area contributed by atoms with Gasteiger partial charge >= 0.3 is 0 Å². The highest BCUT2D eigenvalue weighted by molar-refractivity contribution is 5.56. The fourth-order valence-electron chi connectivity index (χ4n) is 3.18. The van der Waals surface area contributed by atoms with E-state index in [2.05, 4.69) is 0 Å². The number of phenols is 3. The number of nitro benzene ring substituents is 3. The van der Waals surface area contributed by atoms with Crippen LogP contribution in [0.4, 0.5) is 17.1 Å². The molecule has 3 aromatic carbocycles. The lowest BCUT2D eigenvalue weighted by molar-refractivity contribution is -0.385. The Labute approximate surface area is 179 Å². The highest BCUT2D eigenvalue weighted by atomic mass is 16.6. The first-order valence-corrected chi connectivity index (χ1v) is 8.98. The molecule has 0 heterocycles. The molecule has 0 atom stereocenters. The lowest BCUT2D eigenvalue weighted by Crippen LogP contribution is -2.00. The molecule has 12 nitrogen and oxygen atoms in total. The Morgan fingerprint density at radius 3 is 1.25 bits per heavy atom. The summed E-state index contributed by atoms with van der Waals surface area (Å²) < 4.78 is 0. The number of non-ortho nitro benzene ring substituents is 3. The monoisotopic (exact) mass is 441 g/mol. The Hall–Kier alpha value is -4.74. The van der Waals surface area contributed by atoms with Gasteiger partial charge in [0.05, 0.1) is 14.8 Å². The van der Waals surface area contributed by atoms with Crippen molar-refractivity contribution in [2.75, 3.05) is 0 Å². The predicted octanol–water partition coefficient (Wildman–Crippen LogP) is 3.71. The minimum atomic E-state index is -0.715. The smallest absolute Gasteiger partial charge is 0.270 e. The zero-order valence-electron chi connectivity index (χ0n) is 16.2. The van der Waals surface area contributed by atoms with Gasteiger partial charge in [0.25, 0.3) is 17.1 Å². The van der Waals surface area contributed by atoms with Gasteiger partial charge in [0, 0.05) is 71.5 Å². The summed E-state index contributed by atoms with van der Waals surface area (Å²) in [5, 5.41) is 64.2. The summed E-state index contributed by atoms with van der Waals surface area (Å²) in [6.45, 7) is 0. The topological polar surface area (TPSA) is 190 Å². The van der Waals surface area contributed by atoms with Crippen LogP contribution in [-0.4, -0.2) is 30.1 Å². The Balaban J connectivity index is 2.08. The molecule has 0 saturated heterocycles. The lowest BCUT2D eigenvalue weighted by Gasteiger charge is -2.12. The third-order valence-corrected chi connectivity index (χ3v) is 4.77. The van der Waals surface area contributed by atoms with Gasteiger partial charge in [-0.05, 0) is 12.1 Å². The molecule has 0 aliphatic carbocycles. The zero-order chi connectivity index (χ0) is 23.6. The van der Waals surface area contributed by atoms with Crippen LogP contribution in [0.25, 0.3) is 0 Å². The fraction of sp³-hybridized carbons (Fsp3) is 0.100. The minimum absolute atomic E-state index is 0.00471. The van der Waals surface area contributed by atoms with Crippen molar-refractivity contribution in [3.8, 4) is 17.2 Å². The van der Waals surface area contributed by atoms with Gasteiger partial charge in [-0.25, -0.2) is 0 Å². The number of aromatic hydroxyl groups is 3. The average Bonchev–Trinajstić information content (AvgIpc) is 2.73. The first-order valence-electron chi connectivity index (χ1n) is 8.98. The van der Waals surface area contributed by atoms with Gasteiger partial charge in [0.1, 0.15) is 17.2 Å². The first kappa shape index (κ1) is 22.0. The molecule has 3 N–H and O–H groups in total. The van der Waals surface area contributed by atoms with Crippen molar-refractivity contribution in [1.82, 2.24) is 0 Å². The van der Waals surface area contributed by atoms with E-state index in [9.17, 15) is 45.7 Å². The van der Waals surface area contributed by atoms with Gasteiger partial charge in [-0.2, -0.15) is 0 Å². The van der Waals surface area contributed by atoms with Crippen molar-refractivity contribution < 1.29 is 30.1 Å². The Kier molecular flexibility index (Phi) is 5.87. The highest BCUT2D eigenvalue weighted by Crippen LogP contribution is 2.36. The van der Waals surface area contributed by atoms with E-state index in [0.717, 1.165) is 48.5 Å². The number of hydrogen-bond donors (Lipinski definition) is 3. The number of benzene rings is 3. The predicted molar refractivity (Wildman–Crippen MR) is 110 cm³/mol. The van der Waals surface area contributed by atoms with E-state index < -0.39 is 26.2 Å². The first-order chi connectivity index (χ1) is 15.1. The van der Waals surface area contributed by atoms with Crippen LogP contribution in [0.15, 0.2) is 48.5 Å². The van der Waals surface area contributed by atoms with E-state index in [1.54, 1.807) is 0 Å². The molecule has 0 bridgehead atoms. The van der Waals surface area contributed by atoms with Crippen molar-refractivity contribution in [2.24, 2.45) is 0 Å². The molecule has 0 amide bonds. The molecule has 0 unspecified atom stereocenters. The summed E-state index contributed by atoms with van der Waals surface area (Å²) in [6, 6.07) is 8.66. The summed E-state index contributed by atoms with van der Waals surface area (Å²) in [6.07, 6.45) is -0.538. The maximum Gasteiger partial charge on any atom is 0.270 e. The molecule has 0 saturated carbocycles. The molecule has 0 aliphatic rings. The molecule has 32 heavy (non-hydrogen) atoms. The maximum atomic E-state index is 11.4. The molecule has 0 spiro atoms. The molecule has 164 valence electrons. The maximum absolute atomic E-state index is 11.4. The van der Waals surface area contributed by atoms with Gasteiger partial charge < -0.3 is 15.3 Å². The van der Waals surface area contributed by atoms with Crippen LogP contribution in [0, 0.1) is 30.3 Å². The number of phenolic OH excluding ortho intramolecular Hbond substituents is 3. The van der Waals surface area contributed by atoms with Crippen molar-refractivity contribution in [3.63, 3.8) is 0 Å². The second-order valence-corrected chi connectivity index (χ2v) is 6.86. The molecule has 12 heteroatoms. The van der Waals surface area contributed by atoms with Crippen molar-refractivity contribution in [1.29, 1.82) is 0 Å². The van der Waals surface area contributed by atoms with Crippen LogP contribution in [0.2, 0.25) is 0 Å².